The molecule has 0 bridgehead atoms. The van der Waals surface area contributed by atoms with Crippen LogP contribution < -0.4 is 9.62 Å². The molecule has 1 fully saturated rings. The summed E-state index contributed by atoms with van der Waals surface area (Å²) >= 11 is 0. The van der Waals surface area contributed by atoms with Crippen LogP contribution in [0.2, 0.25) is 0 Å². The highest BCUT2D eigenvalue weighted by atomic mass is 32.2. The molecule has 0 spiro atoms. The molecule has 2 amide bonds. The van der Waals surface area contributed by atoms with Crippen molar-refractivity contribution >= 4 is 33.2 Å². The molecule has 0 atom stereocenters. The molecule has 1 aliphatic rings. The number of piperidine rings is 1. The van der Waals surface area contributed by atoms with Crippen molar-refractivity contribution in [3.63, 3.8) is 0 Å². The lowest BCUT2D eigenvalue weighted by molar-refractivity contribution is -0.129. The van der Waals surface area contributed by atoms with Crippen molar-refractivity contribution in [1.29, 1.82) is 0 Å². The molecular formula is C19H20N2O4S. The number of benzene rings is 2. The molecule has 1 heterocycles. The van der Waals surface area contributed by atoms with E-state index in [-0.39, 0.29) is 16.7 Å². The Kier molecular flexibility index (Phi) is 5.08. The average Bonchev–Trinajstić information content (AvgIpc) is 2.62. The third-order valence-corrected chi connectivity index (χ3v) is 5.71. The second kappa shape index (κ2) is 7.29. The van der Waals surface area contributed by atoms with E-state index in [1.807, 2.05) is 19.1 Å². The molecule has 0 radical (unpaired) electrons. The van der Waals surface area contributed by atoms with Gasteiger partial charge in [0.15, 0.2) is 0 Å². The lowest BCUT2D eigenvalue weighted by Crippen LogP contribution is -2.40. The summed E-state index contributed by atoms with van der Waals surface area (Å²) < 4.78 is 27.9. The van der Waals surface area contributed by atoms with Crippen LogP contribution in [-0.2, 0) is 26.0 Å². The monoisotopic (exact) mass is 372 g/mol. The number of carbonyl (C=O) groups is 2. The Labute approximate surface area is 152 Å². The van der Waals surface area contributed by atoms with Crippen molar-refractivity contribution < 1.29 is 18.0 Å². The second-order valence-corrected chi connectivity index (χ2v) is 7.77. The molecule has 1 saturated heterocycles. The van der Waals surface area contributed by atoms with E-state index in [0.717, 1.165) is 10.5 Å². The van der Waals surface area contributed by atoms with Crippen molar-refractivity contribution in [3.05, 3.63) is 54.1 Å². The minimum atomic E-state index is -3.76. The van der Waals surface area contributed by atoms with Gasteiger partial charge in [0.25, 0.3) is 10.0 Å². The largest absolute Gasteiger partial charge is 0.279 e. The smallest absolute Gasteiger partial charge is 0.261 e. The van der Waals surface area contributed by atoms with Crippen LogP contribution in [0.4, 0.5) is 11.4 Å². The number of nitrogens with zero attached hydrogens (tertiary/aromatic N) is 1. The molecule has 0 unspecified atom stereocenters. The normalized spacial score (nSPS) is 15.2. The van der Waals surface area contributed by atoms with E-state index in [2.05, 4.69) is 4.72 Å². The Morgan fingerprint density at radius 3 is 2.19 bits per heavy atom. The van der Waals surface area contributed by atoms with E-state index < -0.39 is 10.0 Å². The fourth-order valence-electron chi connectivity index (χ4n) is 2.95. The summed E-state index contributed by atoms with van der Waals surface area (Å²) in [6, 6.07) is 13.0. The third kappa shape index (κ3) is 3.62. The molecule has 7 heteroatoms. The number of rotatable bonds is 5. The van der Waals surface area contributed by atoms with E-state index >= 15 is 0 Å². The van der Waals surface area contributed by atoms with Gasteiger partial charge in [0.05, 0.1) is 16.3 Å². The van der Waals surface area contributed by atoms with Gasteiger partial charge in [-0.1, -0.05) is 25.1 Å². The van der Waals surface area contributed by atoms with Crippen LogP contribution in [0.1, 0.15) is 31.7 Å². The van der Waals surface area contributed by atoms with E-state index in [1.165, 1.54) is 24.3 Å². The number of anilines is 2. The zero-order valence-corrected chi connectivity index (χ0v) is 15.3. The first-order valence-corrected chi connectivity index (χ1v) is 9.97. The zero-order valence-electron chi connectivity index (χ0n) is 14.4. The molecule has 0 saturated carbocycles. The summed E-state index contributed by atoms with van der Waals surface area (Å²) in [6.45, 7) is 1.95. The summed E-state index contributed by atoms with van der Waals surface area (Å²) in [5.41, 5.74) is 1.84. The van der Waals surface area contributed by atoms with Gasteiger partial charge in [-0.3, -0.25) is 19.2 Å². The predicted molar refractivity (Wildman–Crippen MR) is 99.4 cm³/mol. The van der Waals surface area contributed by atoms with Gasteiger partial charge in [-0.15, -0.1) is 0 Å². The molecule has 1 aliphatic heterocycles. The van der Waals surface area contributed by atoms with Gasteiger partial charge in [-0.05, 0) is 48.7 Å². The minimum absolute atomic E-state index is 0.0732. The van der Waals surface area contributed by atoms with Crippen molar-refractivity contribution in [2.75, 3.05) is 9.62 Å². The van der Waals surface area contributed by atoms with Gasteiger partial charge < -0.3 is 0 Å². The van der Waals surface area contributed by atoms with Gasteiger partial charge >= 0.3 is 0 Å². The summed E-state index contributed by atoms with van der Waals surface area (Å²) in [4.78, 5) is 25.1. The van der Waals surface area contributed by atoms with Crippen LogP contribution in [0.25, 0.3) is 0 Å². The first-order chi connectivity index (χ1) is 12.4. The molecule has 6 nitrogen and oxygen atoms in total. The van der Waals surface area contributed by atoms with Gasteiger partial charge in [0, 0.05) is 12.8 Å². The van der Waals surface area contributed by atoms with Crippen molar-refractivity contribution in [3.8, 4) is 0 Å². The standard InChI is InChI=1S/C19H20N2O4S/c1-2-14-6-3-4-7-17(14)20-26(24,25)16-12-10-15(11-13-16)21-18(22)8-5-9-19(21)23/h3-4,6-7,10-13,20H,2,5,8-9H2,1H3. The van der Waals surface area contributed by atoms with Crippen LogP contribution in [0.3, 0.4) is 0 Å². The maximum absolute atomic E-state index is 12.6. The summed E-state index contributed by atoms with van der Waals surface area (Å²) in [5, 5.41) is 0. The first kappa shape index (κ1) is 18.1. The Hall–Kier alpha value is -2.67. The summed E-state index contributed by atoms with van der Waals surface area (Å²) in [6.07, 6.45) is 1.90. The average molecular weight is 372 g/mol. The quantitative estimate of drug-likeness (QED) is 0.818. The van der Waals surface area contributed by atoms with E-state index in [9.17, 15) is 18.0 Å². The number of para-hydroxylation sites is 1. The number of hydrogen-bond acceptors (Lipinski definition) is 4. The van der Waals surface area contributed by atoms with Crippen LogP contribution in [0.15, 0.2) is 53.4 Å². The Morgan fingerprint density at radius 2 is 1.58 bits per heavy atom. The number of amides is 2. The topological polar surface area (TPSA) is 83.6 Å². The van der Waals surface area contributed by atoms with Crippen molar-refractivity contribution in [1.82, 2.24) is 0 Å². The molecule has 0 aromatic heterocycles. The number of nitrogens with one attached hydrogen (secondary N) is 1. The van der Waals surface area contributed by atoms with Gasteiger partial charge in [0.2, 0.25) is 11.8 Å². The highest BCUT2D eigenvalue weighted by Crippen LogP contribution is 2.25. The maximum Gasteiger partial charge on any atom is 0.261 e. The molecule has 2 aromatic rings. The Balaban J connectivity index is 1.85. The number of carbonyl (C=O) groups excluding carboxylic acids is 2. The highest BCUT2D eigenvalue weighted by Gasteiger charge is 2.27. The zero-order chi connectivity index (χ0) is 18.7. The second-order valence-electron chi connectivity index (χ2n) is 6.09. The molecule has 3 rings (SSSR count). The fraction of sp³-hybridized carbons (Fsp3) is 0.263. The van der Waals surface area contributed by atoms with Gasteiger partial charge in [-0.25, -0.2) is 8.42 Å². The number of sulfonamides is 1. The molecule has 1 N–H and O–H groups in total. The molecule has 0 aliphatic carbocycles. The number of imide groups is 1. The Morgan fingerprint density at radius 1 is 0.962 bits per heavy atom. The Bertz CT molecular complexity index is 920. The van der Waals surface area contributed by atoms with Crippen molar-refractivity contribution in [2.45, 2.75) is 37.5 Å². The van der Waals surface area contributed by atoms with E-state index in [4.69, 9.17) is 0 Å². The minimum Gasteiger partial charge on any atom is -0.279 e. The SMILES string of the molecule is CCc1ccccc1NS(=O)(=O)c1ccc(N2C(=O)CCCC2=O)cc1. The lowest BCUT2D eigenvalue weighted by Gasteiger charge is -2.25. The molecule has 26 heavy (non-hydrogen) atoms. The first-order valence-electron chi connectivity index (χ1n) is 8.49. The van der Waals surface area contributed by atoms with Crippen LogP contribution in [-0.4, -0.2) is 20.2 Å². The van der Waals surface area contributed by atoms with Crippen LogP contribution >= 0.6 is 0 Å². The predicted octanol–water partition coefficient (Wildman–Crippen LogP) is 3.09. The lowest BCUT2D eigenvalue weighted by atomic mass is 10.1. The van der Waals surface area contributed by atoms with E-state index in [0.29, 0.717) is 37.1 Å². The summed E-state index contributed by atoms with van der Waals surface area (Å²) in [7, 11) is -3.76. The molecule has 2 aromatic carbocycles. The fourth-order valence-corrected chi connectivity index (χ4v) is 4.05. The number of aryl methyl sites for hydroxylation is 1. The van der Waals surface area contributed by atoms with Crippen LogP contribution in [0.5, 0.6) is 0 Å². The molecular weight excluding hydrogens is 352 g/mol. The third-order valence-electron chi connectivity index (χ3n) is 4.33. The van der Waals surface area contributed by atoms with Crippen molar-refractivity contribution in [2.24, 2.45) is 0 Å². The maximum atomic E-state index is 12.6. The van der Waals surface area contributed by atoms with Gasteiger partial charge in [-0.2, -0.15) is 0 Å². The highest BCUT2D eigenvalue weighted by molar-refractivity contribution is 7.92. The summed E-state index contributed by atoms with van der Waals surface area (Å²) in [5.74, 6) is -0.515. The van der Waals surface area contributed by atoms with Crippen LogP contribution in [0, 0.1) is 0 Å². The van der Waals surface area contributed by atoms with Gasteiger partial charge in [0.1, 0.15) is 0 Å². The van der Waals surface area contributed by atoms with E-state index in [1.54, 1.807) is 12.1 Å². The number of hydrogen-bond donors (Lipinski definition) is 1. The molecule has 136 valence electrons.